The van der Waals surface area contributed by atoms with E-state index in [0.717, 1.165) is 48.1 Å². The summed E-state index contributed by atoms with van der Waals surface area (Å²) in [5.41, 5.74) is 9.60. The number of aromatic amines is 1. The molecule has 3 atom stereocenters. The van der Waals surface area contributed by atoms with E-state index >= 15 is 0 Å². The minimum Gasteiger partial charge on any atom is -0.367 e. The van der Waals surface area contributed by atoms with Crippen molar-refractivity contribution in [2.75, 3.05) is 17.2 Å². The number of fused-ring (bicyclic) bond motifs is 2. The highest BCUT2D eigenvalue weighted by molar-refractivity contribution is 6.06. The number of H-pyrrole nitrogens is 1. The zero-order valence-corrected chi connectivity index (χ0v) is 18.6. The molecule has 0 spiro atoms. The highest BCUT2D eigenvalue weighted by Gasteiger charge is 2.33. The van der Waals surface area contributed by atoms with E-state index in [1.807, 2.05) is 30.3 Å². The first-order chi connectivity index (χ1) is 16.7. The van der Waals surface area contributed by atoms with Gasteiger partial charge in [0.05, 0.1) is 0 Å². The van der Waals surface area contributed by atoms with Gasteiger partial charge in [0.15, 0.2) is 5.82 Å². The van der Waals surface area contributed by atoms with E-state index in [1.54, 1.807) is 30.7 Å². The second kappa shape index (κ2) is 8.85. The fourth-order valence-electron chi connectivity index (χ4n) is 4.94. The van der Waals surface area contributed by atoms with Crippen molar-refractivity contribution in [3.8, 4) is 11.4 Å². The lowest BCUT2D eigenvalue weighted by Crippen LogP contribution is -2.39. The highest BCUT2D eigenvalue weighted by atomic mass is 16.1. The van der Waals surface area contributed by atoms with Gasteiger partial charge in [0.1, 0.15) is 11.5 Å². The summed E-state index contributed by atoms with van der Waals surface area (Å²) in [5.74, 6) is 1.96. The summed E-state index contributed by atoms with van der Waals surface area (Å²) in [4.78, 5) is 29.1. The lowest BCUT2D eigenvalue weighted by molar-refractivity contribution is 0.102. The van der Waals surface area contributed by atoms with Crippen LogP contribution in [-0.2, 0) is 0 Å². The van der Waals surface area contributed by atoms with Gasteiger partial charge in [0.2, 0.25) is 0 Å². The van der Waals surface area contributed by atoms with E-state index in [0.29, 0.717) is 35.2 Å². The number of aromatic nitrogens is 4. The minimum atomic E-state index is -0.200. The minimum absolute atomic E-state index is 0.200. The quantitative estimate of drug-likeness (QED) is 0.314. The van der Waals surface area contributed by atoms with Crippen LogP contribution in [0, 0.1) is 5.92 Å². The zero-order valence-electron chi connectivity index (χ0n) is 18.6. The van der Waals surface area contributed by atoms with Crippen LogP contribution in [0.3, 0.4) is 0 Å². The third-order valence-electron chi connectivity index (χ3n) is 6.71. The molecule has 1 amide bonds. The normalized spacial score (nSPS) is 21.8. The van der Waals surface area contributed by atoms with Crippen LogP contribution < -0.4 is 21.5 Å². The van der Waals surface area contributed by atoms with E-state index in [-0.39, 0.29) is 5.91 Å². The average molecular weight is 455 g/mol. The highest BCUT2D eigenvalue weighted by Crippen LogP contribution is 2.29. The fourth-order valence-corrected chi connectivity index (χ4v) is 4.94. The molecule has 9 heteroatoms. The molecule has 0 radical (unpaired) electrons. The van der Waals surface area contributed by atoms with Crippen molar-refractivity contribution in [3.05, 3.63) is 66.7 Å². The van der Waals surface area contributed by atoms with Crippen LogP contribution >= 0.6 is 0 Å². The van der Waals surface area contributed by atoms with Crippen molar-refractivity contribution >= 4 is 28.3 Å². The van der Waals surface area contributed by atoms with Crippen LogP contribution in [-0.4, -0.2) is 44.5 Å². The number of hydrogen-bond acceptors (Lipinski definition) is 7. The molecular formula is C25H26N8O. The van der Waals surface area contributed by atoms with Crippen molar-refractivity contribution in [1.29, 1.82) is 0 Å². The van der Waals surface area contributed by atoms with E-state index in [4.69, 9.17) is 4.98 Å². The Balaban J connectivity index is 1.19. The number of nitrogens with one attached hydrogen (secondary N) is 5. The number of pyridine rings is 1. The first-order valence-corrected chi connectivity index (χ1v) is 11.6. The van der Waals surface area contributed by atoms with E-state index in [9.17, 15) is 4.79 Å². The van der Waals surface area contributed by atoms with Gasteiger partial charge < -0.3 is 15.6 Å². The molecule has 2 fully saturated rings. The Morgan fingerprint density at radius 2 is 1.94 bits per heavy atom. The van der Waals surface area contributed by atoms with E-state index in [2.05, 4.69) is 36.4 Å². The average Bonchev–Trinajstić information content (AvgIpc) is 3.51. The predicted octanol–water partition coefficient (Wildman–Crippen LogP) is 3.33. The Morgan fingerprint density at radius 1 is 1.03 bits per heavy atom. The lowest BCUT2D eigenvalue weighted by atomic mass is 9.83. The van der Waals surface area contributed by atoms with Gasteiger partial charge >= 0.3 is 0 Å². The molecule has 3 aromatic heterocycles. The standard InChI is InChI=1S/C25H26N8O/c34-25(30-18-5-8-26-9-6-18)22-12-15-1-2-16(13-21(15)31-22)24-27-10-7-23(32-24)29-19-3-4-20-17(11-19)14-28-33-20/h1-2,5-10,12-13,17,19-20,28,31,33H,3-4,11,14H2,(H,26,30,34)(H,27,29,32). The Labute approximate surface area is 196 Å². The Morgan fingerprint density at radius 3 is 2.85 bits per heavy atom. The van der Waals surface area contributed by atoms with Crippen LogP contribution in [0.15, 0.2) is 61.1 Å². The largest absolute Gasteiger partial charge is 0.367 e. The Hall–Kier alpha value is -3.82. The maximum atomic E-state index is 12.6. The first-order valence-electron chi connectivity index (χ1n) is 11.6. The number of anilines is 2. The zero-order chi connectivity index (χ0) is 22.9. The van der Waals surface area contributed by atoms with Crippen LogP contribution in [0.5, 0.6) is 0 Å². The summed E-state index contributed by atoms with van der Waals surface area (Å²) in [6.45, 7) is 1.02. The van der Waals surface area contributed by atoms with E-state index < -0.39 is 0 Å². The lowest BCUT2D eigenvalue weighted by Gasteiger charge is -2.31. The molecule has 0 bridgehead atoms. The SMILES string of the molecule is O=C(Nc1ccncc1)c1cc2ccc(-c3nccc(NC4CCC5NNCC5C4)n3)cc2[nH]1. The molecule has 34 heavy (non-hydrogen) atoms. The summed E-state index contributed by atoms with van der Waals surface area (Å²) in [7, 11) is 0. The molecule has 1 aromatic carbocycles. The fraction of sp³-hybridized carbons (Fsp3) is 0.280. The van der Waals surface area contributed by atoms with Crippen LogP contribution in [0.4, 0.5) is 11.5 Å². The molecule has 1 aliphatic heterocycles. The first kappa shape index (κ1) is 20.8. The molecule has 9 nitrogen and oxygen atoms in total. The van der Waals surface area contributed by atoms with Gasteiger partial charge in [-0.15, -0.1) is 0 Å². The number of benzene rings is 1. The molecule has 5 N–H and O–H groups in total. The number of carbonyl (C=O) groups is 1. The molecular weight excluding hydrogens is 428 g/mol. The number of hydrazine groups is 1. The summed E-state index contributed by atoms with van der Waals surface area (Å²) < 4.78 is 0. The van der Waals surface area contributed by atoms with Crippen LogP contribution in [0.1, 0.15) is 29.8 Å². The molecule has 2 aliphatic rings. The second-order valence-electron chi connectivity index (χ2n) is 8.99. The molecule has 6 rings (SSSR count). The van der Waals surface area contributed by atoms with Gasteiger partial charge in [-0.25, -0.2) is 9.97 Å². The topological polar surface area (TPSA) is 120 Å². The van der Waals surface area contributed by atoms with E-state index in [1.165, 1.54) is 0 Å². The Bertz CT molecular complexity index is 1320. The number of carbonyl (C=O) groups excluding carboxylic acids is 1. The molecule has 4 heterocycles. The van der Waals surface area contributed by atoms with Crippen LogP contribution in [0.2, 0.25) is 0 Å². The Kier molecular flexibility index (Phi) is 5.40. The van der Waals surface area contributed by atoms with Gasteiger partial charge in [0.25, 0.3) is 5.91 Å². The smallest absolute Gasteiger partial charge is 0.272 e. The third kappa shape index (κ3) is 4.23. The molecule has 3 unspecified atom stereocenters. The molecule has 1 aliphatic carbocycles. The molecule has 4 aromatic rings. The van der Waals surface area contributed by atoms with Crippen molar-refractivity contribution in [2.24, 2.45) is 5.92 Å². The van der Waals surface area contributed by atoms with Gasteiger partial charge in [-0.05, 0) is 55.5 Å². The monoisotopic (exact) mass is 454 g/mol. The van der Waals surface area contributed by atoms with Crippen molar-refractivity contribution in [3.63, 3.8) is 0 Å². The second-order valence-corrected chi connectivity index (χ2v) is 8.99. The summed E-state index contributed by atoms with van der Waals surface area (Å²) in [6.07, 6.45) is 8.49. The third-order valence-corrected chi connectivity index (χ3v) is 6.71. The van der Waals surface area contributed by atoms with Gasteiger partial charge in [-0.1, -0.05) is 12.1 Å². The summed E-state index contributed by atoms with van der Waals surface area (Å²) >= 11 is 0. The maximum Gasteiger partial charge on any atom is 0.272 e. The number of amides is 1. The predicted molar refractivity (Wildman–Crippen MR) is 131 cm³/mol. The molecule has 1 saturated heterocycles. The number of hydrogen-bond donors (Lipinski definition) is 5. The maximum absolute atomic E-state index is 12.6. The van der Waals surface area contributed by atoms with Gasteiger partial charge in [0, 0.05) is 59.4 Å². The van der Waals surface area contributed by atoms with Crippen molar-refractivity contribution in [1.82, 2.24) is 30.8 Å². The van der Waals surface area contributed by atoms with Gasteiger partial charge in [-0.2, -0.15) is 0 Å². The van der Waals surface area contributed by atoms with Crippen molar-refractivity contribution < 1.29 is 4.79 Å². The number of nitrogens with zero attached hydrogens (tertiary/aromatic N) is 3. The van der Waals surface area contributed by atoms with Gasteiger partial charge in [-0.3, -0.25) is 20.6 Å². The molecule has 1 saturated carbocycles. The van der Waals surface area contributed by atoms with Crippen LogP contribution in [0.25, 0.3) is 22.3 Å². The summed E-state index contributed by atoms with van der Waals surface area (Å²) in [5, 5.41) is 7.44. The van der Waals surface area contributed by atoms with Crippen molar-refractivity contribution in [2.45, 2.75) is 31.3 Å². The summed E-state index contributed by atoms with van der Waals surface area (Å²) in [6, 6.07) is 14.2. The number of rotatable bonds is 5. The molecule has 172 valence electrons.